The molecule has 0 aliphatic rings. The second kappa shape index (κ2) is 9.09. The highest BCUT2D eigenvalue weighted by Crippen LogP contribution is 2.13. The van der Waals surface area contributed by atoms with Crippen molar-refractivity contribution in [2.45, 2.75) is 26.2 Å². The molecule has 20 heavy (non-hydrogen) atoms. The van der Waals surface area contributed by atoms with Crippen LogP contribution in [-0.4, -0.2) is 31.4 Å². The van der Waals surface area contributed by atoms with Crippen LogP contribution < -0.4 is 15.8 Å². The fourth-order valence-corrected chi connectivity index (χ4v) is 1.69. The highest BCUT2D eigenvalue weighted by Gasteiger charge is 2.09. The molecule has 0 radical (unpaired) electrons. The van der Waals surface area contributed by atoms with Crippen LogP contribution in [0.2, 0.25) is 0 Å². The molecule has 0 aromatic heterocycles. The van der Waals surface area contributed by atoms with Crippen LogP contribution in [0.15, 0.2) is 24.3 Å². The maximum atomic E-state index is 11.9. The van der Waals surface area contributed by atoms with Crippen molar-refractivity contribution in [3.63, 3.8) is 0 Å². The number of Topliss-reactive ketones (excluding diaryl/α,β-unsaturated/α-hetero) is 1. The molecule has 1 amide bonds. The Morgan fingerprint density at radius 1 is 1.20 bits per heavy atom. The molecule has 0 aliphatic heterocycles. The molecule has 1 aromatic rings. The van der Waals surface area contributed by atoms with Gasteiger partial charge in [0.2, 0.25) is 5.91 Å². The number of ether oxygens (including phenoxy) is 1. The lowest BCUT2D eigenvalue weighted by atomic mass is 10.1. The van der Waals surface area contributed by atoms with Gasteiger partial charge in [0.25, 0.3) is 0 Å². The minimum atomic E-state index is -0.113. The third-order valence-electron chi connectivity index (χ3n) is 2.77. The van der Waals surface area contributed by atoms with Crippen LogP contribution in [0.4, 0.5) is 0 Å². The van der Waals surface area contributed by atoms with Crippen molar-refractivity contribution in [1.82, 2.24) is 5.32 Å². The standard InChI is InChI=1S/C15H22N2O3/c1-2-20-13-6-4-12(5-7-13)14(18)8-9-15(19)17-11-3-10-16/h4-7H,2-3,8-11,16H2,1H3,(H,17,19). The van der Waals surface area contributed by atoms with Crippen LogP contribution in [0.3, 0.4) is 0 Å². The predicted octanol–water partition coefficient (Wildman–Crippen LogP) is 1.51. The number of carbonyl (C=O) groups excluding carboxylic acids is 2. The first-order valence-electron chi connectivity index (χ1n) is 6.90. The maximum Gasteiger partial charge on any atom is 0.220 e. The van der Waals surface area contributed by atoms with Gasteiger partial charge in [0, 0.05) is 24.9 Å². The van der Waals surface area contributed by atoms with E-state index in [1.807, 2.05) is 6.92 Å². The van der Waals surface area contributed by atoms with Crippen LogP contribution in [0.1, 0.15) is 36.5 Å². The van der Waals surface area contributed by atoms with E-state index in [2.05, 4.69) is 5.32 Å². The molecule has 0 fully saturated rings. The summed E-state index contributed by atoms with van der Waals surface area (Å²) in [7, 11) is 0. The fraction of sp³-hybridized carbons (Fsp3) is 0.467. The van der Waals surface area contributed by atoms with Gasteiger partial charge in [-0.05, 0) is 44.2 Å². The molecule has 3 N–H and O–H groups in total. The lowest BCUT2D eigenvalue weighted by molar-refractivity contribution is -0.121. The average molecular weight is 278 g/mol. The van der Waals surface area contributed by atoms with Crippen molar-refractivity contribution in [3.8, 4) is 5.75 Å². The Balaban J connectivity index is 2.36. The van der Waals surface area contributed by atoms with Crippen molar-refractivity contribution in [3.05, 3.63) is 29.8 Å². The van der Waals surface area contributed by atoms with Crippen LogP contribution in [0.5, 0.6) is 5.75 Å². The number of benzene rings is 1. The van der Waals surface area contributed by atoms with Crippen LogP contribution in [0, 0.1) is 0 Å². The molecule has 0 unspecified atom stereocenters. The van der Waals surface area contributed by atoms with Crippen LogP contribution in [0.25, 0.3) is 0 Å². The number of nitrogens with one attached hydrogen (secondary N) is 1. The first kappa shape index (κ1) is 16.2. The Labute approximate surface area is 119 Å². The number of rotatable bonds is 9. The van der Waals surface area contributed by atoms with E-state index in [1.165, 1.54) is 0 Å². The fourth-order valence-electron chi connectivity index (χ4n) is 1.69. The first-order chi connectivity index (χ1) is 9.67. The van der Waals surface area contributed by atoms with Gasteiger partial charge in [-0.1, -0.05) is 0 Å². The summed E-state index contributed by atoms with van der Waals surface area (Å²) in [6, 6.07) is 6.97. The van der Waals surface area contributed by atoms with Crippen molar-refractivity contribution < 1.29 is 14.3 Å². The lowest BCUT2D eigenvalue weighted by Gasteiger charge is -2.05. The predicted molar refractivity (Wildman–Crippen MR) is 77.9 cm³/mol. The summed E-state index contributed by atoms with van der Waals surface area (Å²) < 4.78 is 5.31. The average Bonchev–Trinajstić information content (AvgIpc) is 2.46. The Bertz CT molecular complexity index is 429. The summed E-state index contributed by atoms with van der Waals surface area (Å²) >= 11 is 0. The summed E-state index contributed by atoms with van der Waals surface area (Å²) in [5.74, 6) is 0.586. The van der Waals surface area contributed by atoms with Gasteiger partial charge in [0.15, 0.2) is 5.78 Å². The van der Waals surface area contributed by atoms with E-state index in [0.29, 0.717) is 25.3 Å². The normalized spacial score (nSPS) is 10.1. The topological polar surface area (TPSA) is 81.4 Å². The number of hydrogen-bond donors (Lipinski definition) is 2. The molecule has 0 atom stereocenters. The van der Waals surface area contributed by atoms with Crippen molar-refractivity contribution >= 4 is 11.7 Å². The largest absolute Gasteiger partial charge is 0.494 e. The monoisotopic (exact) mass is 278 g/mol. The van der Waals surface area contributed by atoms with E-state index in [-0.39, 0.29) is 24.5 Å². The van der Waals surface area contributed by atoms with Crippen molar-refractivity contribution in [1.29, 1.82) is 0 Å². The molecular formula is C15H22N2O3. The van der Waals surface area contributed by atoms with Crippen LogP contribution in [-0.2, 0) is 4.79 Å². The smallest absolute Gasteiger partial charge is 0.220 e. The number of amides is 1. The van der Waals surface area contributed by atoms with E-state index in [4.69, 9.17) is 10.5 Å². The molecule has 5 heteroatoms. The second-order valence-electron chi connectivity index (χ2n) is 4.37. The van der Waals surface area contributed by atoms with Gasteiger partial charge in [-0.25, -0.2) is 0 Å². The van der Waals surface area contributed by atoms with E-state index < -0.39 is 0 Å². The summed E-state index contributed by atoms with van der Waals surface area (Å²) in [4.78, 5) is 23.4. The Hall–Kier alpha value is -1.88. The molecule has 5 nitrogen and oxygen atoms in total. The Morgan fingerprint density at radius 3 is 2.50 bits per heavy atom. The highest BCUT2D eigenvalue weighted by molar-refractivity contribution is 5.98. The minimum absolute atomic E-state index is 0.0398. The van der Waals surface area contributed by atoms with Gasteiger partial charge in [-0.2, -0.15) is 0 Å². The number of hydrogen-bond acceptors (Lipinski definition) is 4. The molecule has 1 aromatic carbocycles. The zero-order valence-corrected chi connectivity index (χ0v) is 11.9. The number of carbonyl (C=O) groups is 2. The molecule has 0 saturated carbocycles. The molecule has 0 saturated heterocycles. The zero-order chi connectivity index (χ0) is 14.8. The SMILES string of the molecule is CCOc1ccc(C(=O)CCC(=O)NCCCN)cc1. The second-order valence-corrected chi connectivity index (χ2v) is 4.37. The Kier molecular flexibility index (Phi) is 7.35. The summed E-state index contributed by atoms with van der Waals surface area (Å²) in [6.45, 7) is 3.61. The van der Waals surface area contributed by atoms with Gasteiger partial charge in [-0.3, -0.25) is 9.59 Å². The third-order valence-corrected chi connectivity index (χ3v) is 2.77. The third kappa shape index (κ3) is 5.84. The summed E-state index contributed by atoms with van der Waals surface area (Å²) in [5.41, 5.74) is 5.93. The van der Waals surface area contributed by atoms with Gasteiger partial charge in [-0.15, -0.1) is 0 Å². The lowest BCUT2D eigenvalue weighted by Crippen LogP contribution is -2.26. The van der Waals surface area contributed by atoms with Gasteiger partial charge >= 0.3 is 0 Å². The van der Waals surface area contributed by atoms with E-state index in [1.54, 1.807) is 24.3 Å². The molecule has 1 rings (SSSR count). The van der Waals surface area contributed by atoms with Crippen LogP contribution >= 0.6 is 0 Å². The molecule has 110 valence electrons. The molecule has 0 spiro atoms. The summed E-state index contributed by atoms with van der Waals surface area (Å²) in [6.07, 6.45) is 1.16. The number of nitrogens with two attached hydrogens (primary N) is 1. The maximum absolute atomic E-state index is 11.9. The van der Waals surface area contributed by atoms with Crippen molar-refractivity contribution in [2.75, 3.05) is 19.7 Å². The van der Waals surface area contributed by atoms with Gasteiger partial charge in [0.1, 0.15) is 5.75 Å². The first-order valence-corrected chi connectivity index (χ1v) is 6.90. The minimum Gasteiger partial charge on any atom is -0.494 e. The van der Waals surface area contributed by atoms with E-state index in [0.717, 1.165) is 12.2 Å². The highest BCUT2D eigenvalue weighted by atomic mass is 16.5. The van der Waals surface area contributed by atoms with E-state index >= 15 is 0 Å². The van der Waals surface area contributed by atoms with Gasteiger partial charge in [0.05, 0.1) is 6.61 Å². The Morgan fingerprint density at radius 2 is 1.90 bits per heavy atom. The molecule has 0 bridgehead atoms. The van der Waals surface area contributed by atoms with Gasteiger partial charge < -0.3 is 15.8 Å². The molecule has 0 heterocycles. The summed E-state index contributed by atoms with van der Waals surface area (Å²) in [5, 5.41) is 2.73. The van der Waals surface area contributed by atoms with E-state index in [9.17, 15) is 9.59 Å². The number of ketones is 1. The van der Waals surface area contributed by atoms with Crippen molar-refractivity contribution in [2.24, 2.45) is 5.73 Å². The molecule has 0 aliphatic carbocycles. The zero-order valence-electron chi connectivity index (χ0n) is 11.9. The molecular weight excluding hydrogens is 256 g/mol. The quantitative estimate of drug-likeness (QED) is 0.530.